The highest BCUT2D eigenvalue weighted by Crippen LogP contribution is 2.21. The van der Waals surface area contributed by atoms with E-state index in [9.17, 15) is 8.42 Å². The molecule has 0 unspecified atom stereocenters. The van der Waals surface area contributed by atoms with Gasteiger partial charge in [-0.05, 0) is 65.4 Å². The van der Waals surface area contributed by atoms with E-state index in [2.05, 4.69) is 4.72 Å². The number of nitrogens with one attached hydrogen (secondary N) is 1. The van der Waals surface area contributed by atoms with E-state index in [1.807, 2.05) is 36.7 Å². The second-order valence-corrected chi connectivity index (χ2v) is 7.53. The summed E-state index contributed by atoms with van der Waals surface area (Å²) in [7, 11) is -3.50. The summed E-state index contributed by atoms with van der Waals surface area (Å²) in [4.78, 5) is 0.327. The Morgan fingerprint density at radius 1 is 1.24 bits per heavy atom. The topological polar surface area (TPSA) is 72.2 Å². The first-order chi connectivity index (χ1) is 9.94. The van der Waals surface area contributed by atoms with Gasteiger partial charge in [0.25, 0.3) is 0 Å². The molecule has 0 aliphatic heterocycles. The first kappa shape index (κ1) is 16.2. The molecule has 6 heteroatoms. The number of hydrogen-bond donors (Lipinski definition) is 2. The van der Waals surface area contributed by atoms with Gasteiger partial charge in [0.1, 0.15) is 0 Å². The summed E-state index contributed by atoms with van der Waals surface area (Å²) in [6.07, 6.45) is 0.692. The quantitative estimate of drug-likeness (QED) is 0.857. The van der Waals surface area contributed by atoms with Crippen LogP contribution in [0.25, 0.3) is 0 Å². The van der Waals surface area contributed by atoms with Crippen LogP contribution in [0.2, 0.25) is 0 Å². The van der Waals surface area contributed by atoms with Crippen LogP contribution >= 0.6 is 11.3 Å². The van der Waals surface area contributed by atoms with Crippen LogP contribution < -0.4 is 10.5 Å². The van der Waals surface area contributed by atoms with E-state index in [1.54, 1.807) is 17.4 Å². The largest absolute Gasteiger partial charge is 0.326 e. The number of aryl methyl sites for hydroxylation is 1. The molecule has 0 bridgehead atoms. The van der Waals surface area contributed by atoms with Gasteiger partial charge >= 0.3 is 0 Å². The molecule has 1 aromatic heterocycles. The summed E-state index contributed by atoms with van der Waals surface area (Å²) in [6, 6.07) is 5.60. The minimum absolute atomic E-state index is 0.327. The van der Waals surface area contributed by atoms with Gasteiger partial charge in [-0.15, -0.1) is 0 Å². The molecule has 0 saturated carbocycles. The minimum atomic E-state index is -3.50. The van der Waals surface area contributed by atoms with E-state index in [0.717, 1.165) is 22.3 Å². The molecule has 1 heterocycles. The van der Waals surface area contributed by atoms with Crippen molar-refractivity contribution in [3.05, 3.63) is 51.2 Å². The maximum Gasteiger partial charge on any atom is 0.240 e. The Labute approximate surface area is 130 Å². The number of thiophene rings is 1. The number of hydrogen-bond acceptors (Lipinski definition) is 4. The van der Waals surface area contributed by atoms with Crippen LogP contribution in [-0.4, -0.2) is 15.0 Å². The van der Waals surface area contributed by atoms with Gasteiger partial charge in [-0.25, -0.2) is 13.1 Å². The molecule has 0 saturated heterocycles. The molecule has 2 rings (SSSR count). The van der Waals surface area contributed by atoms with Gasteiger partial charge in [-0.3, -0.25) is 0 Å². The monoisotopic (exact) mass is 324 g/mol. The average Bonchev–Trinajstić information content (AvgIpc) is 2.94. The summed E-state index contributed by atoms with van der Waals surface area (Å²) >= 11 is 1.61. The van der Waals surface area contributed by atoms with Gasteiger partial charge in [0.05, 0.1) is 4.90 Å². The van der Waals surface area contributed by atoms with E-state index >= 15 is 0 Å². The van der Waals surface area contributed by atoms with Gasteiger partial charge in [0.2, 0.25) is 10.0 Å². The van der Waals surface area contributed by atoms with E-state index in [1.165, 1.54) is 0 Å². The molecular weight excluding hydrogens is 304 g/mol. The normalized spacial score (nSPS) is 11.8. The predicted octanol–water partition coefficient (Wildman–Crippen LogP) is 2.34. The Morgan fingerprint density at radius 3 is 2.62 bits per heavy atom. The van der Waals surface area contributed by atoms with Crippen LogP contribution in [0.4, 0.5) is 0 Å². The standard InChI is InChI=1S/C15H20N2O2S2/c1-11-7-14(9-16)8-15(12(11)2)21(18,19)17-5-3-13-4-6-20-10-13/h4,6-8,10,17H,3,5,9,16H2,1-2H3. The molecular formula is C15H20N2O2S2. The lowest BCUT2D eigenvalue weighted by Gasteiger charge is -2.13. The van der Waals surface area contributed by atoms with Crippen molar-refractivity contribution in [1.29, 1.82) is 0 Å². The molecule has 1 aromatic carbocycles. The molecule has 0 aliphatic carbocycles. The predicted molar refractivity (Wildman–Crippen MR) is 87.0 cm³/mol. The van der Waals surface area contributed by atoms with Gasteiger partial charge in [0, 0.05) is 13.1 Å². The van der Waals surface area contributed by atoms with Crippen LogP contribution in [0.15, 0.2) is 33.9 Å². The van der Waals surface area contributed by atoms with Crippen LogP contribution in [-0.2, 0) is 23.0 Å². The minimum Gasteiger partial charge on any atom is -0.326 e. The van der Waals surface area contributed by atoms with Crippen molar-refractivity contribution in [3.63, 3.8) is 0 Å². The van der Waals surface area contributed by atoms with Gasteiger partial charge in [0.15, 0.2) is 0 Å². The third kappa shape index (κ3) is 3.91. The molecule has 3 N–H and O–H groups in total. The fourth-order valence-corrected chi connectivity index (χ4v) is 4.24. The van der Waals surface area contributed by atoms with Crippen LogP contribution in [0, 0.1) is 13.8 Å². The summed E-state index contributed by atoms with van der Waals surface area (Å²) in [6.45, 7) is 4.45. The van der Waals surface area contributed by atoms with Crippen molar-refractivity contribution in [2.75, 3.05) is 6.54 Å². The van der Waals surface area contributed by atoms with Gasteiger partial charge in [-0.1, -0.05) is 6.07 Å². The molecule has 21 heavy (non-hydrogen) atoms. The van der Waals surface area contributed by atoms with E-state index < -0.39 is 10.0 Å². The Balaban J connectivity index is 2.17. The number of sulfonamides is 1. The van der Waals surface area contributed by atoms with E-state index in [-0.39, 0.29) is 0 Å². The molecule has 0 fully saturated rings. The summed E-state index contributed by atoms with van der Waals surface area (Å²) < 4.78 is 27.6. The zero-order chi connectivity index (χ0) is 15.5. The van der Waals surface area contributed by atoms with Crippen molar-refractivity contribution in [2.24, 2.45) is 5.73 Å². The first-order valence-electron chi connectivity index (χ1n) is 6.75. The summed E-state index contributed by atoms with van der Waals surface area (Å²) in [5.41, 5.74) is 9.32. The number of nitrogens with two attached hydrogens (primary N) is 1. The van der Waals surface area contributed by atoms with Gasteiger partial charge in [-0.2, -0.15) is 11.3 Å². The third-order valence-electron chi connectivity index (χ3n) is 3.49. The van der Waals surface area contributed by atoms with Crippen LogP contribution in [0.5, 0.6) is 0 Å². The lowest BCUT2D eigenvalue weighted by molar-refractivity contribution is 0.580. The fraction of sp³-hybridized carbons (Fsp3) is 0.333. The highest BCUT2D eigenvalue weighted by atomic mass is 32.2. The molecule has 114 valence electrons. The van der Waals surface area contributed by atoms with Gasteiger partial charge < -0.3 is 5.73 Å². The van der Waals surface area contributed by atoms with E-state index in [4.69, 9.17) is 5.73 Å². The Bertz CT molecular complexity index is 708. The van der Waals surface area contributed by atoms with E-state index in [0.29, 0.717) is 24.4 Å². The maximum absolute atomic E-state index is 12.5. The third-order valence-corrected chi connectivity index (χ3v) is 5.81. The fourth-order valence-electron chi connectivity index (χ4n) is 2.14. The lowest BCUT2D eigenvalue weighted by atomic mass is 10.1. The van der Waals surface area contributed by atoms with Crippen molar-refractivity contribution >= 4 is 21.4 Å². The van der Waals surface area contributed by atoms with Crippen LogP contribution in [0.1, 0.15) is 22.3 Å². The summed E-state index contributed by atoms with van der Waals surface area (Å²) in [5, 5.41) is 4.01. The SMILES string of the molecule is Cc1cc(CN)cc(S(=O)(=O)NCCc2ccsc2)c1C. The Hall–Kier alpha value is -1.21. The van der Waals surface area contributed by atoms with Crippen molar-refractivity contribution in [2.45, 2.75) is 31.7 Å². The molecule has 0 aliphatic rings. The first-order valence-corrected chi connectivity index (χ1v) is 9.17. The average molecular weight is 324 g/mol. The highest BCUT2D eigenvalue weighted by Gasteiger charge is 2.18. The highest BCUT2D eigenvalue weighted by molar-refractivity contribution is 7.89. The molecule has 0 spiro atoms. The number of rotatable bonds is 6. The molecule has 0 amide bonds. The second-order valence-electron chi connectivity index (χ2n) is 5.02. The Morgan fingerprint density at radius 2 is 2.00 bits per heavy atom. The zero-order valence-electron chi connectivity index (χ0n) is 12.2. The smallest absolute Gasteiger partial charge is 0.240 e. The van der Waals surface area contributed by atoms with Crippen molar-refractivity contribution in [3.8, 4) is 0 Å². The number of benzene rings is 1. The maximum atomic E-state index is 12.5. The van der Waals surface area contributed by atoms with Crippen molar-refractivity contribution < 1.29 is 8.42 Å². The summed E-state index contributed by atoms with van der Waals surface area (Å²) in [5.74, 6) is 0. The zero-order valence-corrected chi connectivity index (χ0v) is 13.9. The molecule has 0 atom stereocenters. The van der Waals surface area contributed by atoms with Crippen molar-refractivity contribution in [1.82, 2.24) is 4.72 Å². The second kappa shape index (κ2) is 6.70. The van der Waals surface area contributed by atoms with Crippen LogP contribution in [0.3, 0.4) is 0 Å². The Kier molecular flexibility index (Phi) is 5.16. The molecule has 2 aromatic rings. The molecule has 4 nitrogen and oxygen atoms in total. The molecule has 0 radical (unpaired) electrons. The lowest BCUT2D eigenvalue weighted by Crippen LogP contribution is -2.27.